The van der Waals surface area contributed by atoms with E-state index in [1.165, 1.54) is 6.92 Å². The van der Waals surface area contributed by atoms with Crippen LogP contribution in [-0.2, 0) is 133 Å². The van der Waals surface area contributed by atoms with Crippen LogP contribution in [0.2, 0.25) is 0 Å². The number of hydrogen-bond donors (Lipinski definition) is 37. The van der Waals surface area contributed by atoms with Crippen LogP contribution in [0.3, 0.4) is 0 Å². The molecule has 37 N–H and O–H groups in total. The molecular formula is C82H137N5O60. The molecule has 60 atom stereocenters. The van der Waals surface area contributed by atoms with Crippen LogP contribution >= 0.6 is 0 Å². The lowest BCUT2D eigenvalue weighted by Crippen LogP contribution is -2.72. The van der Waals surface area contributed by atoms with Crippen molar-refractivity contribution in [2.24, 2.45) is 0 Å². The van der Waals surface area contributed by atoms with E-state index < -0.39 is 470 Å². The average Bonchev–Trinajstić information content (AvgIpc) is 0.753. The number of amides is 5. The maximum atomic E-state index is 13.6. The lowest BCUT2D eigenvalue weighted by molar-refractivity contribution is -0.406. The highest BCUT2D eigenvalue weighted by Gasteiger charge is 2.64. The quantitative estimate of drug-likeness (QED) is 0.0273. The van der Waals surface area contributed by atoms with Crippen LogP contribution < -0.4 is 26.6 Å². The molecule has 0 aromatic carbocycles. The van der Waals surface area contributed by atoms with Crippen LogP contribution in [0, 0.1) is 0 Å². The van der Waals surface area contributed by atoms with Crippen LogP contribution in [0.4, 0.5) is 0 Å². The Morgan fingerprint density at radius 2 is 0.435 bits per heavy atom. The lowest BCUT2D eigenvalue weighted by atomic mass is 9.93. The number of hydrogen-bond acceptors (Lipinski definition) is 60. The van der Waals surface area contributed by atoms with E-state index >= 15 is 0 Å². The summed E-state index contributed by atoms with van der Waals surface area (Å²) in [6.07, 6.45) is -120. The summed E-state index contributed by atoms with van der Waals surface area (Å²) in [6.45, 7) is -7.34. The number of aliphatic hydroxyl groups is 32. The molecule has 12 fully saturated rings. The first-order valence-electron chi connectivity index (χ1n) is 47.0. The molecule has 0 aromatic heterocycles. The first kappa shape index (κ1) is 121. The monoisotopic (exact) mass is 2150 g/mol. The summed E-state index contributed by atoms with van der Waals surface area (Å²) in [5.41, 5.74) is 0. The van der Waals surface area contributed by atoms with Gasteiger partial charge in [0.25, 0.3) is 0 Å². The van der Waals surface area contributed by atoms with Crippen molar-refractivity contribution in [1.29, 1.82) is 0 Å². The number of rotatable bonds is 38. The smallest absolute Gasteiger partial charge is 0.217 e. The minimum Gasteiger partial charge on any atom is -0.394 e. The normalized spacial score (nSPS) is 49.6. The number of carbonyl (C=O) groups excluding carboxylic acids is 5. The molecule has 12 aliphatic rings. The number of aliphatic hydroxyl groups excluding tert-OH is 32. The van der Waals surface area contributed by atoms with Gasteiger partial charge in [0.05, 0.1) is 78.8 Å². The minimum absolute atomic E-state index is 0.853. The molecule has 12 rings (SSSR count). The SMILES string of the molecule is CC(=O)N[C@@H]1[C@@H](O)[C@H](O[C@@H]2O[C@H](CO)[C@@H](O[C@@H]3O[C@H](CO[C@H]4O[C@H](CO)[C@@H](O)[C@H](O)[C@@H]4O[C@@H]4O[C@H](CO)[C@@H](O[C@@H]5O[C@H](CO)[C@H](O)[C@H](O)[C@H]5O)[C@H](O)[C@H]4NC(C)=O)[C@@H](O)[C@H](O[C@H]4O[C@H](CO)[C@@H](O[C@@H]5O[C@H](CO)[C@@H](O[C@@H]6O[C@H](CO)[C@H](O)[C@H](O)[C@H]6O)[C@H](O)[C@H]5NC(C)=O)[C@H](O)[C@@H]4O[C@@H]4O[C@H](CO)[C@@H](O)[C@H](O[C@@H]5O[C@H](CO)[C@H](O)[C@H](O)[C@H]5O)[C@H]4NC(C)=O)[C@@H]3O)[C@H](O)[C@H]2NC(C)=O)[C@@H](CO[C@@H]2O[C@@H](C)[C@@H](O)[C@@H](O)[C@@H]2O)O[C@H]1O. The summed E-state index contributed by atoms with van der Waals surface area (Å²) < 4.78 is 139. The largest absolute Gasteiger partial charge is 0.394 e. The molecule has 0 unspecified atom stereocenters. The van der Waals surface area contributed by atoms with Crippen LogP contribution in [-0.4, -0.2) is 634 Å². The zero-order valence-electron chi connectivity index (χ0n) is 79.2. The Hall–Kier alpha value is -4.85. The third-order valence-electron chi connectivity index (χ3n) is 27.0. The molecule has 65 heteroatoms. The zero-order chi connectivity index (χ0) is 108. The highest BCUT2D eigenvalue weighted by Crippen LogP contribution is 2.43. The van der Waals surface area contributed by atoms with Gasteiger partial charge in [-0.05, 0) is 6.92 Å². The first-order valence-corrected chi connectivity index (χ1v) is 47.0. The van der Waals surface area contributed by atoms with Gasteiger partial charge in [-0.1, -0.05) is 0 Å². The number of carbonyl (C=O) groups is 5. The standard InChI is InChI=1S/C82H137N5O60/c1-18-40(102)51(113)56(118)76(127-18)125-17-34-66(47(109)35(71(124)128-34)83-19(2)97)140-73-37(85-21(4)99)49(111)64(31(14-95)135-73)143-80-61(123)68(46(108)33(138-80)16-126-81-69(55(117)44(106)27(10-91)133-81)146-74-38(86-22(5)100)50(112)63(30(13-94)136-74)142-78-58(120)53(115)42(104)25(8-89)131-78)145-82-70(147-75-39(87-23(6)101)67(45(107)28(11-92)129-75)144-79-59(121)54(116)43(105)26(9-90)132-79)60(122)65(32(15-96)137-82)139-72-36(84-20(3)98)48(110)62(29(12-93)134-72)141-77-57(119)52(114)41(103)24(7-88)130-77/h18,24-82,88-96,102-124H,7-17H2,1-6H3,(H,83,97)(H,84,98)(H,85,99)(H,86,100)(H,87,101)/t18-,24+,25+,26+,27+,28+,29+,30+,31+,32+,33+,34+,35+,36+,37+,38+,39+,40+,41-,42-,43-,44+,45+,46+,47+,48+,49+,50+,51+,52-,53-,54-,55-,56-,57+,58+,59+,60-,61-,62+,63+,64+,65+,66+,67+,68-,69-,70-,71+,72-,73-,74-,75-,76+,77-,78-,79-,80-,81-,82+/m0/s1. The second-order valence-electron chi connectivity index (χ2n) is 37.3. The van der Waals surface area contributed by atoms with Gasteiger partial charge >= 0.3 is 0 Å². The molecule has 12 aliphatic heterocycles. The van der Waals surface area contributed by atoms with Crippen molar-refractivity contribution in [1.82, 2.24) is 26.6 Å². The molecule has 147 heavy (non-hydrogen) atoms. The fourth-order valence-corrected chi connectivity index (χ4v) is 19.2. The Kier molecular flexibility index (Phi) is 43.4. The lowest BCUT2D eigenvalue weighted by Gasteiger charge is -2.52. The molecule has 850 valence electrons. The predicted octanol–water partition coefficient (Wildman–Crippen LogP) is -25.4. The van der Waals surface area contributed by atoms with Crippen molar-refractivity contribution in [3.05, 3.63) is 0 Å². The van der Waals surface area contributed by atoms with E-state index in [9.17, 15) is 187 Å². The molecule has 0 bridgehead atoms. The van der Waals surface area contributed by atoms with Crippen molar-refractivity contribution in [2.45, 2.75) is 410 Å². The Balaban J connectivity index is 0.937. The van der Waals surface area contributed by atoms with Crippen LogP contribution in [0.15, 0.2) is 0 Å². The van der Waals surface area contributed by atoms with Crippen LogP contribution in [0.1, 0.15) is 41.5 Å². The Labute approximate surface area is 832 Å². The maximum Gasteiger partial charge on any atom is 0.217 e. The van der Waals surface area contributed by atoms with Gasteiger partial charge in [-0.25, -0.2) is 0 Å². The van der Waals surface area contributed by atoms with Gasteiger partial charge in [0.2, 0.25) is 29.5 Å². The van der Waals surface area contributed by atoms with Crippen LogP contribution in [0.25, 0.3) is 0 Å². The number of nitrogens with one attached hydrogen (secondary N) is 5. The van der Waals surface area contributed by atoms with Gasteiger partial charge in [-0.2, -0.15) is 0 Å². The second kappa shape index (κ2) is 52.8. The van der Waals surface area contributed by atoms with Gasteiger partial charge < -0.3 is 299 Å². The van der Waals surface area contributed by atoms with Gasteiger partial charge in [-0.3, -0.25) is 24.0 Å². The summed E-state index contributed by atoms with van der Waals surface area (Å²) >= 11 is 0. The van der Waals surface area contributed by atoms with Crippen molar-refractivity contribution in [2.75, 3.05) is 72.7 Å². The van der Waals surface area contributed by atoms with E-state index in [0.717, 1.165) is 34.6 Å². The minimum atomic E-state index is -2.82. The highest BCUT2D eigenvalue weighted by molar-refractivity contribution is 5.75. The molecule has 0 saturated carbocycles. The topological polar surface area (TPSA) is 1010 Å². The first-order chi connectivity index (χ1) is 69.5. The fraction of sp³-hybridized carbons (Fsp3) is 0.939. The third kappa shape index (κ3) is 26.8. The Morgan fingerprint density at radius 1 is 0.190 bits per heavy atom. The van der Waals surface area contributed by atoms with E-state index in [4.69, 9.17) is 109 Å². The highest BCUT2D eigenvalue weighted by atomic mass is 16.8. The summed E-state index contributed by atoms with van der Waals surface area (Å²) in [7, 11) is 0. The maximum absolute atomic E-state index is 13.6. The molecule has 0 aromatic rings. The molecule has 0 radical (unpaired) electrons. The third-order valence-corrected chi connectivity index (χ3v) is 27.0. The number of ether oxygens (including phenoxy) is 23. The van der Waals surface area contributed by atoms with Crippen molar-refractivity contribution < 1.29 is 296 Å². The van der Waals surface area contributed by atoms with Gasteiger partial charge in [-0.15, -0.1) is 0 Å². The predicted molar refractivity (Wildman–Crippen MR) is 452 cm³/mol. The molecule has 0 aliphatic carbocycles. The fourth-order valence-electron chi connectivity index (χ4n) is 19.2. The Morgan fingerprint density at radius 3 is 0.830 bits per heavy atom. The van der Waals surface area contributed by atoms with E-state index in [0.29, 0.717) is 0 Å². The van der Waals surface area contributed by atoms with Crippen molar-refractivity contribution in [3.63, 3.8) is 0 Å². The molecule has 65 nitrogen and oxygen atoms in total. The van der Waals surface area contributed by atoms with Gasteiger partial charge in [0.1, 0.15) is 287 Å². The van der Waals surface area contributed by atoms with Crippen molar-refractivity contribution >= 4 is 29.5 Å². The van der Waals surface area contributed by atoms with Gasteiger partial charge in [0.15, 0.2) is 75.5 Å². The van der Waals surface area contributed by atoms with E-state index in [1.807, 2.05) is 0 Å². The molecule has 5 amide bonds. The van der Waals surface area contributed by atoms with Gasteiger partial charge in [0, 0.05) is 34.6 Å². The molecule has 12 saturated heterocycles. The summed E-state index contributed by atoms with van der Waals surface area (Å²) in [4.78, 5) is 66.1. The molecule has 12 heterocycles. The van der Waals surface area contributed by atoms with Crippen molar-refractivity contribution in [3.8, 4) is 0 Å². The van der Waals surface area contributed by atoms with E-state index in [2.05, 4.69) is 26.6 Å². The summed E-state index contributed by atoms with van der Waals surface area (Å²) in [5.74, 6) is -5.08. The summed E-state index contributed by atoms with van der Waals surface area (Å²) in [6, 6.07) is -10.2. The van der Waals surface area contributed by atoms with Crippen LogP contribution in [0.5, 0.6) is 0 Å². The average molecular weight is 2150 g/mol. The second-order valence-corrected chi connectivity index (χ2v) is 37.3. The zero-order valence-corrected chi connectivity index (χ0v) is 79.2. The van der Waals surface area contributed by atoms with E-state index in [1.54, 1.807) is 0 Å². The van der Waals surface area contributed by atoms with E-state index in [-0.39, 0.29) is 0 Å². The summed E-state index contributed by atoms with van der Waals surface area (Å²) in [5, 5.41) is 374. The Bertz CT molecular complexity index is 4110. The molecule has 0 spiro atoms. The molecular weight excluding hydrogens is 2010 g/mol.